The van der Waals surface area contributed by atoms with E-state index in [2.05, 4.69) is 20.2 Å². The van der Waals surface area contributed by atoms with Crippen molar-refractivity contribution < 1.29 is 14.1 Å². The molecule has 2 heterocycles. The fraction of sp³-hybridized carbons (Fsp3) is 0.273. The molecule has 0 bridgehead atoms. The third kappa shape index (κ3) is 4.69. The van der Waals surface area contributed by atoms with Crippen LogP contribution in [0.25, 0.3) is 0 Å². The van der Waals surface area contributed by atoms with E-state index in [1.165, 1.54) is 18.5 Å². The first-order chi connectivity index (χ1) is 15.5. The minimum atomic E-state index is -0.446. The van der Waals surface area contributed by atoms with Crippen LogP contribution in [0.4, 0.5) is 27.4 Å². The lowest BCUT2D eigenvalue weighted by Gasteiger charge is -2.36. The molecule has 0 unspecified atom stereocenters. The SMILES string of the molecule is COc1ccc(CNc2ncnc(N3CCN(c4ccc(F)cc4)CC3)c2[N+](=O)[O-])cc1. The number of rotatable bonds is 7. The molecule has 1 aromatic heterocycles. The largest absolute Gasteiger partial charge is 0.497 e. The Morgan fingerprint density at radius 1 is 1.03 bits per heavy atom. The molecule has 166 valence electrons. The van der Waals surface area contributed by atoms with Crippen LogP contribution < -0.4 is 19.9 Å². The van der Waals surface area contributed by atoms with Crippen molar-refractivity contribution >= 4 is 23.0 Å². The van der Waals surface area contributed by atoms with Crippen LogP contribution in [0, 0.1) is 15.9 Å². The Labute approximate surface area is 184 Å². The molecule has 0 saturated carbocycles. The summed E-state index contributed by atoms with van der Waals surface area (Å²) in [6.07, 6.45) is 1.34. The molecule has 0 radical (unpaired) electrons. The van der Waals surface area contributed by atoms with Crippen molar-refractivity contribution in [2.75, 3.05) is 48.4 Å². The van der Waals surface area contributed by atoms with Gasteiger partial charge in [-0.2, -0.15) is 0 Å². The van der Waals surface area contributed by atoms with Gasteiger partial charge in [-0.15, -0.1) is 0 Å². The number of hydrogen-bond acceptors (Lipinski definition) is 8. The zero-order chi connectivity index (χ0) is 22.5. The van der Waals surface area contributed by atoms with E-state index in [1.54, 1.807) is 19.2 Å². The number of hydrogen-bond donors (Lipinski definition) is 1. The number of halogens is 1. The molecule has 0 atom stereocenters. The summed E-state index contributed by atoms with van der Waals surface area (Å²) in [7, 11) is 1.60. The first kappa shape index (κ1) is 21.3. The first-order valence-electron chi connectivity index (χ1n) is 10.2. The predicted octanol–water partition coefficient (Wildman–Crippen LogP) is 3.47. The predicted molar refractivity (Wildman–Crippen MR) is 120 cm³/mol. The molecule has 1 saturated heterocycles. The maximum Gasteiger partial charge on any atom is 0.353 e. The molecule has 9 nitrogen and oxygen atoms in total. The highest BCUT2D eigenvalue weighted by atomic mass is 19.1. The molecule has 10 heteroatoms. The topological polar surface area (TPSA) is 96.7 Å². The van der Waals surface area contributed by atoms with Crippen molar-refractivity contribution in [3.05, 3.63) is 76.4 Å². The fourth-order valence-corrected chi connectivity index (χ4v) is 3.66. The fourth-order valence-electron chi connectivity index (χ4n) is 3.66. The molecule has 1 N–H and O–H groups in total. The Morgan fingerprint density at radius 3 is 2.31 bits per heavy atom. The van der Waals surface area contributed by atoms with Gasteiger partial charge in [0.2, 0.25) is 11.6 Å². The normalized spacial score (nSPS) is 13.7. The van der Waals surface area contributed by atoms with Gasteiger partial charge in [0.15, 0.2) is 0 Å². The van der Waals surface area contributed by atoms with E-state index in [4.69, 9.17) is 4.74 Å². The number of methoxy groups -OCH3 is 1. The Bertz CT molecular complexity index is 1070. The summed E-state index contributed by atoms with van der Waals surface area (Å²) in [5.74, 6) is 0.931. The van der Waals surface area contributed by atoms with Gasteiger partial charge in [-0.05, 0) is 42.0 Å². The van der Waals surface area contributed by atoms with Gasteiger partial charge in [0.25, 0.3) is 0 Å². The van der Waals surface area contributed by atoms with Crippen LogP contribution in [0.15, 0.2) is 54.9 Å². The molecule has 0 amide bonds. The van der Waals surface area contributed by atoms with Gasteiger partial charge in [0, 0.05) is 38.4 Å². The van der Waals surface area contributed by atoms with Crippen LogP contribution >= 0.6 is 0 Å². The quantitative estimate of drug-likeness (QED) is 0.443. The number of nitrogens with one attached hydrogen (secondary N) is 1. The smallest absolute Gasteiger partial charge is 0.353 e. The summed E-state index contributed by atoms with van der Waals surface area (Å²) >= 11 is 0. The van der Waals surface area contributed by atoms with Crippen LogP contribution in [-0.2, 0) is 6.54 Å². The van der Waals surface area contributed by atoms with Crippen LogP contribution in [0.2, 0.25) is 0 Å². The molecular formula is C22H23FN6O3. The van der Waals surface area contributed by atoms with Crippen molar-refractivity contribution in [3.8, 4) is 5.75 Å². The summed E-state index contributed by atoms with van der Waals surface area (Å²) in [5.41, 5.74) is 1.72. The zero-order valence-electron chi connectivity index (χ0n) is 17.6. The molecule has 1 fully saturated rings. The molecule has 0 aliphatic carbocycles. The number of piperazine rings is 1. The van der Waals surface area contributed by atoms with E-state index >= 15 is 0 Å². The standard InChI is InChI=1S/C22H23FN6O3/c1-32-19-8-2-16(3-9-19)14-24-21-20(29(30)31)22(26-15-25-21)28-12-10-27(11-13-28)18-6-4-17(23)5-7-18/h2-9,15H,10-14H2,1H3,(H,24,25,26). The van der Waals surface area contributed by atoms with E-state index in [-0.39, 0.29) is 17.3 Å². The average molecular weight is 438 g/mol. The second-order valence-electron chi connectivity index (χ2n) is 7.30. The second kappa shape index (κ2) is 9.46. The summed E-state index contributed by atoms with van der Waals surface area (Å²) in [6.45, 7) is 2.75. The Hall–Kier alpha value is -3.95. The highest BCUT2D eigenvalue weighted by Gasteiger charge is 2.29. The van der Waals surface area contributed by atoms with Gasteiger partial charge in [0.05, 0.1) is 12.0 Å². The van der Waals surface area contributed by atoms with Crippen molar-refractivity contribution in [1.82, 2.24) is 9.97 Å². The first-order valence-corrected chi connectivity index (χ1v) is 10.2. The van der Waals surface area contributed by atoms with E-state index in [0.29, 0.717) is 38.5 Å². The van der Waals surface area contributed by atoms with Crippen molar-refractivity contribution in [2.45, 2.75) is 6.54 Å². The van der Waals surface area contributed by atoms with Crippen LogP contribution in [-0.4, -0.2) is 48.2 Å². The van der Waals surface area contributed by atoms with Gasteiger partial charge in [-0.25, -0.2) is 14.4 Å². The van der Waals surface area contributed by atoms with E-state index in [1.807, 2.05) is 29.2 Å². The molecule has 4 rings (SSSR count). The lowest BCUT2D eigenvalue weighted by atomic mass is 10.2. The van der Waals surface area contributed by atoms with Crippen molar-refractivity contribution in [2.24, 2.45) is 0 Å². The minimum absolute atomic E-state index is 0.142. The molecule has 32 heavy (non-hydrogen) atoms. The minimum Gasteiger partial charge on any atom is -0.497 e. The van der Waals surface area contributed by atoms with E-state index in [0.717, 1.165) is 17.0 Å². The third-order valence-corrected chi connectivity index (χ3v) is 5.38. The summed E-state index contributed by atoms with van der Waals surface area (Å²) in [6, 6.07) is 13.8. The van der Waals surface area contributed by atoms with Gasteiger partial charge >= 0.3 is 5.69 Å². The van der Waals surface area contributed by atoms with Gasteiger partial charge in [0.1, 0.15) is 17.9 Å². The molecule has 1 aliphatic heterocycles. The number of aromatic nitrogens is 2. The highest BCUT2D eigenvalue weighted by molar-refractivity contribution is 5.70. The van der Waals surface area contributed by atoms with Crippen molar-refractivity contribution in [3.63, 3.8) is 0 Å². The molecule has 2 aromatic carbocycles. The highest BCUT2D eigenvalue weighted by Crippen LogP contribution is 2.33. The molecule has 0 spiro atoms. The Balaban J connectivity index is 1.48. The van der Waals surface area contributed by atoms with Crippen LogP contribution in [0.3, 0.4) is 0 Å². The maximum atomic E-state index is 13.2. The number of nitro groups is 1. The number of benzene rings is 2. The lowest BCUT2D eigenvalue weighted by Crippen LogP contribution is -2.47. The monoisotopic (exact) mass is 438 g/mol. The summed E-state index contributed by atoms with van der Waals surface area (Å²) < 4.78 is 18.3. The molecular weight excluding hydrogens is 415 g/mol. The molecule has 1 aliphatic rings. The van der Waals surface area contributed by atoms with Gasteiger partial charge in [-0.1, -0.05) is 12.1 Å². The summed E-state index contributed by atoms with van der Waals surface area (Å²) in [5, 5.41) is 15.0. The third-order valence-electron chi connectivity index (χ3n) is 5.38. The van der Waals surface area contributed by atoms with E-state index < -0.39 is 4.92 Å². The van der Waals surface area contributed by atoms with Gasteiger partial charge < -0.3 is 19.9 Å². The molecule has 3 aromatic rings. The van der Waals surface area contributed by atoms with E-state index in [9.17, 15) is 14.5 Å². The average Bonchev–Trinajstić information content (AvgIpc) is 2.83. The Kier molecular flexibility index (Phi) is 6.29. The zero-order valence-corrected chi connectivity index (χ0v) is 17.6. The number of ether oxygens (including phenoxy) is 1. The number of nitrogens with zero attached hydrogens (tertiary/aromatic N) is 5. The van der Waals surface area contributed by atoms with Crippen LogP contribution in [0.5, 0.6) is 5.75 Å². The lowest BCUT2D eigenvalue weighted by molar-refractivity contribution is -0.383. The van der Waals surface area contributed by atoms with Crippen LogP contribution in [0.1, 0.15) is 5.56 Å². The Morgan fingerprint density at radius 2 is 1.69 bits per heavy atom. The summed E-state index contributed by atoms with van der Waals surface area (Å²) in [4.78, 5) is 23.8. The maximum absolute atomic E-state index is 13.2. The number of anilines is 3. The van der Waals surface area contributed by atoms with Gasteiger partial charge in [-0.3, -0.25) is 10.1 Å². The second-order valence-corrected chi connectivity index (χ2v) is 7.30. The van der Waals surface area contributed by atoms with Crippen molar-refractivity contribution in [1.29, 1.82) is 0 Å².